The first-order valence-corrected chi connectivity index (χ1v) is 7.58. The Morgan fingerprint density at radius 3 is 2.48 bits per heavy atom. The van der Waals surface area contributed by atoms with Gasteiger partial charge in [0.1, 0.15) is 11.6 Å². The first-order chi connectivity index (χ1) is 11.0. The standard InChI is InChI=1S/C18H19F2N3/c1-12-2-5-14(6-3-12)23-17(21)22-11-18(8-9-18)15-7-4-13(19)10-16(15)20/h2-7,10H,8-9,11H2,1H3,(H3,21,22,23). The van der Waals surface area contributed by atoms with Crippen LogP contribution < -0.4 is 11.1 Å². The largest absolute Gasteiger partial charge is 0.370 e. The van der Waals surface area contributed by atoms with Crippen LogP contribution in [0.1, 0.15) is 24.0 Å². The number of anilines is 1. The minimum atomic E-state index is -0.564. The molecule has 2 aromatic carbocycles. The fourth-order valence-electron chi connectivity index (χ4n) is 2.64. The molecule has 0 aromatic heterocycles. The fourth-order valence-corrected chi connectivity index (χ4v) is 2.64. The zero-order valence-corrected chi connectivity index (χ0v) is 12.9. The Balaban J connectivity index is 1.70. The molecule has 1 aliphatic carbocycles. The number of benzene rings is 2. The Hall–Kier alpha value is -2.43. The van der Waals surface area contributed by atoms with E-state index in [1.165, 1.54) is 12.1 Å². The molecule has 120 valence electrons. The van der Waals surface area contributed by atoms with Crippen LogP contribution in [0, 0.1) is 18.6 Å². The minimum absolute atomic E-state index is 0.294. The molecule has 0 bridgehead atoms. The smallest absolute Gasteiger partial charge is 0.193 e. The van der Waals surface area contributed by atoms with E-state index in [4.69, 9.17) is 5.73 Å². The van der Waals surface area contributed by atoms with Crippen molar-refractivity contribution in [2.75, 3.05) is 11.9 Å². The molecule has 3 N–H and O–H groups in total. The van der Waals surface area contributed by atoms with Crippen LogP contribution in [0.5, 0.6) is 0 Å². The van der Waals surface area contributed by atoms with Crippen LogP contribution in [0.4, 0.5) is 14.5 Å². The molecule has 0 atom stereocenters. The highest BCUT2D eigenvalue weighted by molar-refractivity contribution is 5.92. The van der Waals surface area contributed by atoms with Gasteiger partial charge in [-0.2, -0.15) is 0 Å². The zero-order chi connectivity index (χ0) is 16.4. The Morgan fingerprint density at radius 2 is 1.87 bits per heavy atom. The van der Waals surface area contributed by atoms with Crippen molar-refractivity contribution in [3.63, 3.8) is 0 Å². The molecule has 3 rings (SSSR count). The first-order valence-electron chi connectivity index (χ1n) is 7.58. The Morgan fingerprint density at radius 1 is 1.17 bits per heavy atom. The number of nitrogens with one attached hydrogen (secondary N) is 1. The second-order valence-corrected chi connectivity index (χ2v) is 6.10. The molecular formula is C18H19F2N3. The lowest BCUT2D eigenvalue weighted by molar-refractivity contribution is 0.549. The second kappa shape index (κ2) is 5.99. The maximum atomic E-state index is 14.0. The number of aliphatic imine (C=N–C) groups is 1. The van der Waals surface area contributed by atoms with Gasteiger partial charge in [0, 0.05) is 17.2 Å². The van der Waals surface area contributed by atoms with Gasteiger partial charge >= 0.3 is 0 Å². The van der Waals surface area contributed by atoms with Crippen molar-refractivity contribution in [3.8, 4) is 0 Å². The predicted molar refractivity (Wildman–Crippen MR) is 88.6 cm³/mol. The van der Waals surface area contributed by atoms with Crippen molar-refractivity contribution in [1.29, 1.82) is 0 Å². The quantitative estimate of drug-likeness (QED) is 0.667. The fraction of sp³-hybridized carbons (Fsp3) is 0.278. The lowest BCUT2D eigenvalue weighted by Crippen LogP contribution is -2.25. The number of nitrogens with two attached hydrogens (primary N) is 1. The van der Waals surface area contributed by atoms with Gasteiger partial charge in [0.2, 0.25) is 0 Å². The summed E-state index contributed by atoms with van der Waals surface area (Å²) < 4.78 is 27.0. The van der Waals surface area contributed by atoms with Gasteiger partial charge in [-0.1, -0.05) is 23.8 Å². The van der Waals surface area contributed by atoms with E-state index in [2.05, 4.69) is 10.3 Å². The van der Waals surface area contributed by atoms with Gasteiger partial charge in [-0.3, -0.25) is 4.99 Å². The van der Waals surface area contributed by atoms with E-state index in [-0.39, 0.29) is 5.41 Å². The Labute approximate surface area is 134 Å². The van der Waals surface area contributed by atoms with Crippen molar-refractivity contribution in [3.05, 3.63) is 65.2 Å². The van der Waals surface area contributed by atoms with Crippen molar-refractivity contribution < 1.29 is 8.78 Å². The van der Waals surface area contributed by atoms with E-state index in [0.29, 0.717) is 18.1 Å². The predicted octanol–water partition coefficient (Wildman–Crippen LogP) is 3.73. The summed E-state index contributed by atoms with van der Waals surface area (Å²) in [7, 11) is 0. The topological polar surface area (TPSA) is 50.4 Å². The van der Waals surface area contributed by atoms with Crippen molar-refractivity contribution in [2.24, 2.45) is 10.7 Å². The van der Waals surface area contributed by atoms with Crippen LogP contribution in [-0.2, 0) is 5.41 Å². The highest BCUT2D eigenvalue weighted by Crippen LogP contribution is 2.49. The molecular weight excluding hydrogens is 296 g/mol. The minimum Gasteiger partial charge on any atom is -0.370 e. The Kier molecular flexibility index (Phi) is 4.03. The van der Waals surface area contributed by atoms with Gasteiger partial charge in [-0.25, -0.2) is 8.78 Å². The van der Waals surface area contributed by atoms with E-state index in [1.54, 1.807) is 0 Å². The van der Waals surface area contributed by atoms with E-state index in [1.807, 2.05) is 31.2 Å². The number of rotatable bonds is 4. The molecule has 0 heterocycles. The van der Waals surface area contributed by atoms with Crippen molar-refractivity contribution in [1.82, 2.24) is 0 Å². The molecule has 2 aromatic rings. The van der Waals surface area contributed by atoms with Crippen LogP contribution >= 0.6 is 0 Å². The molecule has 1 saturated carbocycles. The van der Waals surface area contributed by atoms with Gasteiger partial charge in [0.05, 0.1) is 6.54 Å². The van der Waals surface area contributed by atoms with Crippen LogP contribution in [0.15, 0.2) is 47.5 Å². The van der Waals surface area contributed by atoms with E-state index >= 15 is 0 Å². The highest BCUT2D eigenvalue weighted by atomic mass is 19.1. The molecule has 0 amide bonds. The van der Waals surface area contributed by atoms with E-state index < -0.39 is 11.6 Å². The summed E-state index contributed by atoms with van der Waals surface area (Å²) in [5, 5.41) is 3.02. The van der Waals surface area contributed by atoms with Crippen molar-refractivity contribution >= 4 is 11.6 Å². The average molecular weight is 315 g/mol. The third kappa shape index (κ3) is 3.50. The van der Waals surface area contributed by atoms with Crippen LogP contribution in [0.25, 0.3) is 0 Å². The maximum absolute atomic E-state index is 14.0. The summed E-state index contributed by atoms with van der Waals surface area (Å²) in [4.78, 5) is 4.34. The summed E-state index contributed by atoms with van der Waals surface area (Å²) in [5.74, 6) is -0.781. The number of halogens is 2. The SMILES string of the molecule is Cc1ccc(NC(N)=NCC2(c3ccc(F)cc3F)CC2)cc1. The third-order valence-electron chi connectivity index (χ3n) is 4.23. The number of aryl methyl sites for hydroxylation is 1. The van der Waals surface area contributed by atoms with Crippen molar-refractivity contribution in [2.45, 2.75) is 25.2 Å². The molecule has 0 radical (unpaired) electrons. The summed E-state index contributed by atoms with van der Waals surface area (Å²) in [6.07, 6.45) is 1.66. The lowest BCUT2D eigenvalue weighted by atomic mass is 9.95. The summed E-state index contributed by atoms with van der Waals surface area (Å²) >= 11 is 0. The maximum Gasteiger partial charge on any atom is 0.193 e. The summed E-state index contributed by atoms with van der Waals surface area (Å²) in [6, 6.07) is 11.5. The van der Waals surface area contributed by atoms with E-state index in [0.717, 1.165) is 30.2 Å². The summed E-state index contributed by atoms with van der Waals surface area (Å²) in [5.41, 5.74) is 8.09. The molecule has 0 aliphatic heterocycles. The van der Waals surface area contributed by atoms with Gasteiger partial charge in [-0.15, -0.1) is 0 Å². The number of hydrogen-bond acceptors (Lipinski definition) is 1. The molecule has 1 aliphatic rings. The molecule has 0 spiro atoms. The molecule has 0 unspecified atom stereocenters. The Bertz CT molecular complexity index is 734. The number of hydrogen-bond donors (Lipinski definition) is 2. The zero-order valence-electron chi connectivity index (χ0n) is 12.9. The third-order valence-corrected chi connectivity index (χ3v) is 4.23. The molecule has 0 saturated heterocycles. The summed E-state index contributed by atoms with van der Waals surface area (Å²) in [6.45, 7) is 2.40. The monoisotopic (exact) mass is 315 g/mol. The lowest BCUT2D eigenvalue weighted by Gasteiger charge is -2.15. The van der Waals surface area contributed by atoms with Gasteiger partial charge in [0.25, 0.3) is 0 Å². The van der Waals surface area contributed by atoms with Crippen LogP contribution in [0.2, 0.25) is 0 Å². The highest BCUT2D eigenvalue weighted by Gasteiger charge is 2.46. The average Bonchev–Trinajstić information content (AvgIpc) is 3.28. The first kappa shape index (κ1) is 15.5. The van der Waals surface area contributed by atoms with Gasteiger partial charge < -0.3 is 11.1 Å². The van der Waals surface area contributed by atoms with Crippen LogP contribution in [0.3, 0.4) is 0 Å². The molecule has 3 nitrogen and oxygen atoms in total. The number of nitrogens with zero attached hydrogens (tertiary/aromatic N) is 1. The van der Waals surface area contributed by atoms with Crippen LogP contribution in [-0.4, -0.2) is 12.5 Å². The normalized spacial score (nSPS) is 16.2. The molecule has 23 heavy (non-hydrogen) atoms. The van der Waals surface area contributed by atoms with E-state index in [9.17, 15) is 8.78 Å². The van der Waals surface area contributed by atoms with Gasteiger partial charge in [-0.05, 0) is 43.5 Å². The van der Waals surface area contributed by atoms with Gasteiger partial charge in [0.15, 0.2) is 5.96 Å². The molecule has 5 heteroatoms. The second-order valence-electron chi connectivity index (χ2n) is 6.10. The number of guanidine groups is 1. The molecule has 1 fully saturated rings.